The number of carbonyl (C=O) groups excluding carboxylic acids is 2. The molecule has 8 nitrogen and oxygen atoms in total. The minimum atomic E-state index is -0.635. The highest BCUT2D eigenvalue weighted by molar-refractivity contribution is 6.05. The molecule has 1 unspecified atom stereocenters. The molecule has 1 atom stereocenters. The number of carbonyl (C=O) groups is 2. The van der Waals surface area contributed by atoms with Crippen LogP contribution in [0.15, 0.2) is 114 Å². The summed E-state index contributed by atoms with van der Waals surface area (Å²) < 4.78 is 5.80. The number of hydrogen-bond acceptors (Lipinski definition) is 7. The maximum Gasteiger partial charge on any atom is 0.250 e. The van der Waals surface area contributed by atoms with Crippen molar-refractivity contribution in [2.24, 2.45) is 5.73 Å². The van der Waals surface area contributed by atoms with Gasteiger partial charge in [-0.3, -0.25) is 9.59 Å². The summed E-state index contributed by atoms with van der Waals surface area (Å²) in [5, 5.41) is 16.4. The van der Waals surface area contributed by atoms with Gasteiger partial charge in [-0.2, -0.15) is 0 Å². The average molecular weight is 637 g/mol. The van der Waals surface area contributed by atoms with E-state index in [1.807, 2.05) is 37.3 Å². The third-order valence-corrected chi connectivity index (χ3v) is 9.51. The number of aliphatic hydroxyl groups excluding tert-OH is 1. The molecule has 248 valence electrons. The van der Waals surface area contributed by atoms with Crippen LogP contribution in [0.1, 0.15) is 55.2 Å². The number of amides is 1. The first kappa shape index (κ1) is 34.3. The van der Waals surface area contributed by atoms with Gasteiger partial charge < -0.3 is 31.1 Å². The van der Waals surface area contributed by atoms with Crippen molar-refractivity contribution in [2.75, 3.05) is 52.5 Å². The Morgan fingerprint density at radius 1 is 0.915 bits per heavy atom. The molecule has 8 heteroatoms. The van der Waals surface area contributed by atoms with Crippen LogP contribution in [0.5, 0.6) is 0 Å². The number of piperidine rings is 1. The summed E-state index contributed by atoms with van der Waals surface area (Å²) in [6.07, 6.45) is 3.39. The maximum atomic E-state index is 14.0. The number of ether oxygens (including phenoxy) is 1. The predicted molar refractivity (Wildman–Crippen MR) is 186 cm³/mol. The van der Waals surface area contributed by atoms with Gasteiger partial charge in [-0.25, -0.2) is 0 Å². The number of likely N-dealkylation sites (tertiary alicyclic amines) is 1. The van der Waals surface area contributed by atoms with Crippen LogP contribution in [0, 0.1) is 0 Å². The highest BCUT2D eigenvalue weighted by atomic mass is 16.5. The van der Waals surface area contributed by atoms with Gasteiger partial charge >= 0.3 is 0 Å². The van der Waals surface area contributed by atoms with E-state index in [4.69, 9.17) is 10.5 Å². The third kappa shape index (κ3) is 7.91. The largest absolute Gasteiger partial charge is 0.388 e. The second-order valence-corrected chi connectivity index (χ2v) is 12.3. The lowest BCUT2D eigenvalue weighted by Gasteiger charge is -2.43. The topological polar surface area (TPSA) is 117 Å². The molecule has 1 fully saturated rings. The second kappa shape index (κ2) is 16.7. The standard InChI is InChI=1S/C39H48N4O4/c1-2-32-36(34(45)27-44)35(29-13-6-3-7-14-29)37(33(42-32)28-47-26-21-40)38(46)41-22-12-23-43-24-19-39(20-25-43,30-15-8-4-9-16-30)31-17-10-5-11-18-31/h3-11,13-18,35,42,44H,2,12,19-28,40H2,1H3,(H,41,46). The quantitative estimate of drug-likeness (QED) is 0.183. The van der Waals surface area contributed by atoms with Gasteiger partial charge in [0.2, 0.25) is 5.91 Å². The number of allylic oxidation sites excluding steroid dienone is 1. The molecule has 3 aromatic carbocycles. The number of rotatable bonds is 15. The molecule has 0 aliphatic carbocycles. The minimum absolute atomic E-state index is 0.00289. The van der Waals surface area contributed by atoms with Crippen molar-refractivity contribution in [3.63, 3.8) is 0 Å². The van der Waals surface area contributed by atoms with Gasteiger partial charge in [-0.05, 0) is 62.0 Å². The highest BCUT2D eigenvalue weighted by Gasteiger charge is 2.39. The number of nitrogens with one attached hydrogen (secondary N) is 2. The Kier molecular flexibility index (Phi) is 12.1. The zero-order valence-electron chi connectivity index (χ0n) is 27.4. The van der Waals surface area contributed by atoms with Crippen molar-refractivity contribution in [3.05, 3.63) is 130 Å². The smallest absolute Gasteiger partial charge is 0.250 e. The molecule has 5 rings (SSSR count). The Balaban J connectivity index is 1.28. The molecule has 47 heavy (non-hydrogen) atoms. The molecular formula is C39H48N4O4. The van der Waals surface area contributed by atoms with Crippen LogP contribution >= 0.6 is 0 Å². The van der Waals surface area contributed by atoms with Crippen molar-refractivity contribution in [1.82, 2.24) is 15.5 Å². The lowest BCUT2D eigenvalue weighted by molar-refractivity contribution is -0.118. The highest BCUT2D eigenvalue weighted by Crippen LogP contribution is 2.42. The zero-order chi connectivity index (χ0) is 33.1. The monoisotopic (exact) mass is 636 g/mol. The molecule has 0 aromatic heterocycles. The average Bonchev–Trinajstić information content (AvgIpc) is 3.13. The van der Waals surface area contributed by atoms with Crippen LogP contribution in [0.3, 0.4) is 0 Å². The van der Waals surface area contributed by atoms with Gasteiger partial charge in [0.25, 0.3) is 0 Å². The SMILES string of the molecule is CCC1=C(C(=O)CO)C(c2ccccc2)C(C(=O)NCCCN2CCC(c3ccccc3)(c3ccccc3)CC2)=C(COCCN)N1. The van der Waals surface area contributed by atoms with Crippen molar-refractivity contribution in [3.8, 4) is 0 Å². The van der Waals surface area contributed by atoms with Gasteiger partial charge in [-0.1, -0.05) is 97.9 Å². The zero-order valence-corrected chi connectivity index (χ0v) is 27.4. The van der Waals surface area contributed by atoms with Crippen LogP contribution in [-0.4, -0.2) is 74.2 Å². The summed E-state index contributed by atoms with van der Waals surface area (Å²) in [6, 6.07) is 31.2. The molecule has 3 aromatic rings. The summed E-state index contributed by atoms with van der Waals surface area (Å²) in [4.78, 5) is 29.7. The number of dihydropyridines is 1. The number of benzene rings is 3. The Bertz CT molecular complexity index is 1490. The van der Waals surface area contributed by atoms with Crippen molar-refractivity contribution in [2.45, 2.75) is 43.9 Å². The van der Waals surface area contributed by atoms with E-state index in [9.17, 15) is 14.7 Å². The van der Waals surface area contributed by atoms with Gasteiger partial charge in [0.05, 0.1) is 24.5 Å². The van der Waals surface area contributed by atoms with E-state index in [1.54, 1.807) is 0 Å². The fourth-order valence-corrected chi connectivity index (χ4v) is 7.14. The van der Waals surface area contributed by atoms with E-state index in [0.29, 0.717) is 48.7 Å². The van der Waals surface area contributed by atoms with Crippen LogP contribution in [0.4, 0.5) is 0 Å². The normalized spacial score (nSPS) is 18.1. The summed E-state index contributed by atoms with van der Waals surface area (Å²) in [5.41, 5.74) is 11.4. The molecule has 5 N–H and O–H groups in total. The number of nitrogens with two attached hydrogens (primary N) is 1. The van der Waals surface area contributed by atoms with Crippen LogP contribution in [0.25, 0.3) is 0 Å². The van der Waals surface area contributed by atoms with Crippen molar-refractivity contribution in [1.29, 1.82) is 0 Å². The summed E-state index contributed by atoms with van der Waals surface area (Å²) in [5.74, 6) is -1.28. The molecule has 1 amide bonds. The van der Waals surface area contributed by atoms with Crippen LogP contribution < -0.4 is 16.4 Å². The number of hydrogen-bond donors (Lipinski definition) is 4. The Labute approximate surface area is 278 Å². The van der Waals surface area contributed by atoms with Crippen molar-refractivity contribution < 1.29 is 19.4 Å². The lowest BCUT2D eigenvalue weighted by atomic mass is 9.68. The van der Waals surface area contributed by atoms with E-state index in [-0.39, 0.29) is 17.9 Å². The molecule has 2 aliphatic rings. The van der Waals surface area contributed by atoms with E-state index in [1.165, 1.54) is 11.1 Å². The fraction of sp³-hybridized carbons (Fsp3) is 0.385. The second-order valence-electron chi connectivity index (χ2n) is 12.3. The molecular weight excluding hydrogens is 588 g/mol. The fourth-order valence-electron chi connectivity index (χ4n) is 7.14. The van der Waals surface area contributed by atoms with E-state index < -0.39 is 18.3 Å². The van der Waals surface area contributed by atoms with Crippen LogP contribution in [-0.2, 0) is 19.7 Å². The molecule has 0 bridgehead atoms. The molecule has 0 spiro atoms. The van der Waals surface area contributed by atoms with Crippen molar-refractivity contribution >= 4 is 11.7 Å². The Morgan fingerprint density at radius 3 is 2.06 bits per heavy atom. The third-order valence-electron chi connectivity index (χ3n) is 9.51. The van der Waals surface area contributed by atoms with Gasteiger partial charge in [-0.15, -0.1) is 0 Å². The number of nitrogens with zero attached hydrogens (tertiary/aromatic N) is 1. The molecule has 2 heterocycles. The van der Waals surface area contributed by atoms with E-state index >= 15 is 0 Å². The molecule has 2 aliphatic heterocycles. The Morgan fingerprint density at radius 2 is 1.51 bits per heavy atom. The first-order valence-corrected chi connectivity index (χ1v) is 16.8. The number of Topliss-reactive ketones (excluding diaryl/α,β-unsaturated/α-hetero) is 1. The van der Waals surface area contributed by atoms with Gasteiger partial charge in [0, 0.05) is 35.7 Å². The minimum Gasteiger partial charge on any atom is -0.388 e. The lowest BCUT2D eigenvalue weighted by Crippen LogP contribution is -2.44. The van der Waals surface area contributed by atoms with Gasteiger partial charge in [0.15, 0.2) is 5.78 Å². The van der Waals surface area contributed by atoms with E-state index in [2.05, 4.69) is 76.2 Å². The summed E-state index contributed by atoms with van der Waals surface area (Å²) in [6.45, 7) is 5.49. The number of ketones is 1. The molecule has 0 saturated carbocycles. The number of aliphatic hydroxyl groups is 1. The van der Waals surface area contributed by atoms with E-state index in [0.717, 1.165) is 44.5 Å². The maximum absolute atomic E-state index is 14.0. The molecule has 0 radical (unpaired) electrons. The predicted octanol–water partition coefficient (Wildman–Crippen LogP) is 4.42. The van der Waals surface area contributed by atoms with Crippen LogP contribution in [0.2, 0.25) is 0 Å². The first-order chi connectivity index (χ1) is 23.0. The summed E-state index contributed by atoms with van der Waals surface area (Å²) >= 11 is 0. The summed E-state index contributed by atoms with van der Waals surface area (Å²) in [7, 11) is 0. The Hall–Kier alpha value is -4.08. The van der Waals surface area contributed by atoms with Gasteiger partial charge in [0.1, 0.15) is 6.61 Å². The first-order valence-electron chi connectivity index (χ1n) is 16.8. The molecule has 1 saturated heterocycles.